The van der Waals surface area contributed by atoms with Crippen LogP contribution in [-0.4, -0.2) is 36.4 Å². The van der Waals surface area contributed by atoms with Crippen molar-refractivity contribution >= 4 is 26.8 Å². The van der Waals surface area contributed by atoms with E-state index in [2.05, 4.69) is 0 Å². The van der Waals surface area contributed by atoms with E-state index >= 15 is 0 Å². The first kappa shape index (κ1) is 21.4. The van der Waals surface area contributed by atoms with Gasteiger partial charge in [0.15, 0.2) is 0 Å². The average molecular weight is 392 g/mol. The van der Waals surface area contributed by atoms with Gasteiger partial charge in [0.2, 0.25) is 10.0 Å². The molecule has 2 aromatic rings. The van der Waals surface area contributed by atoms with Gasteiger partial charge in [0, 0.05) is 6.54 Å². The smallest absolute Gasteiger partial charge is 0.322 e. The number of fused-ring (bicyclic) bond motifs is 1. The van der Waals surface area contributed by atoms with Crippen molar-refractivity contribution in [2.45, 2.75) is 51.5 Å². The summed E-state index contributed by atoms with van der Waals surface area (Å²) < 4.78 is 27.9. The molecule has 0 unspecified atom stereocenters. The van der Waals surface area contributed by atoms with Gasteiger partial charge in [-0.3, -0.25) is 4.79 Å². The van der Waals surface area contributed by atoms with E-state index in [1.54, 1.807) is 18.2 Å². The van der Waals surface area contributed by atoms with Crippen molar-refractivity contribution in [3.8, 4) is 0 Å². The van der Waals surface area contributed by atoms with Gasteiger partial charge in [-0.2, -0.15) is 4.31 Å². The quantitative estimate of drug-likeness (QED) is 0.688. The van der Waals surface area contributed by atoms with Crippen LogP contribution in [0.25, 0.3) is 10.8 Å². The lowest BCUT2D eigenvalue weighted by Crippen LogP contribution is -2.46. The predicted molar refractivity (Wildman–Crippen MR) is 108 cm³/mol. The molecular weight excluding hydrogens is 362 g/mol. The summed E-state index contributed by atoms with van der Waals surface area (Å²) in [7, 11) is -3.93. The normalized spacial score (nSPS) is 13.6. The molecule has 0 aromatic heterocycles. The van der Waals surface area contributed by atoms with Gasteiger partial charge in [-0.1, -0.05) is 58.0 Å². The third-order valence-corrected chi connectivity index (χ3v) is 6.49. The Morgan fingerprint density at radius 1 is 1.00 bits per heavy atom. The van der Waals surface area contributed by atoms with Gasteiger partial charge in [0.05, 0.1) is 4.90 Å². The first-order valence-corrected chi connectivity index (χ1v) is 10.8. The maximum absolute atomic E-state index is 13.4. The van der Waals surface area contributed by atoms with E-state index in [1.807, 2.05) is 52.0 Å². The maximum Gasteiger partial charge on any atom is 0.322 e. The number of aliphatic carboxylic acids is 1. The number of carbonyl (C=O) groups is 1. The molecule has 6 heteroatoms. The minimum atomic E-state index is -3.93. The topological polar surface area (TPSA) is 74.7 Å². The molecule has 5 nitrogen and oxygen atoms in total. The van der Waals surface area contributed by atoms with Crippen LogP contribution in [0.3, 0.4) is 0 Å². The zero-order valence-corrected chi connectivity index (χ0v) is 17.2. The van der Waals surface area contributed by atoms with Gasteiger partial charge in [0.25, 0.3) is 0 Å². The van der Waals surface area contributed by atoms with Gasteiger partial charge >= 0.3 is 5.97 Å². The summed E-state index contributed by atoms with van der Waals surface area (Å²) in [4.78, 5) is 12.0. The number of carboxylic acids is 1. The van der Waals surface area contributed by atoms with Gasteiger partial charge in [-0.05, 0) is 47.6 Å². The molecule has 0 fully saturated rings. The molecule has 0 aliphatic carbocycles. The molecule has 0 aliphatic heterocycles. The van der Waals surface area contributed by atoms with Crippen molar-refractivity contribution in [2.75, 3.05) is 6.54 Å². The van der Waals surface area contributed by atoms with E-state index in [4.69, 9.17) is 0 Å². The van der Waals surface area contributed by atoms with Gasteiger partial charge in [-0.15, -0.1) is 0 Å². The molecule has 0 saturated carbocycles. The molecule has 0 aliphatic rings. The third-order valence-electron chi connectivity index (χ3n) is 4.58. The number of carboxylic acid groups (broad SMARTS) is 1. The maximum atomic E-state index is 13.4. The van der Waals surface area contributed by atoms with Crippen LogP contribution < -0.4 is 0 Å². The molecule has 0 amide bonds. The number of sulfonamides is 1. The van der Waals surface area contributed by atoms with Crippen molar-refractivity contribution < 1.29 is 18.3 Å². The molecule has 0 heterocycles. The first-order valence-electron chi connectivity index (χ1n) is 9.36. The zero-order chi connectivity index (χ0) is 20.2. The zero-order valence-electron chi connectivity index (χ0n) is 16.4. The van der Waals surface area contributed by atoms with Gasteiger partial charge < -0.3 is 5.11 Å². The Morgan fingerprint density at radius 3 is 2.19 bits per heavy atom. The lowest BCUT2D eigenvalue weighted by atomic mass is 10.0. The second-order valence-corrected chi connectivity index (χ2v) is 9.68. The van der Waals surface area contributed by atoms with Crippen molar-refractivity contribution in [3.05, 3.63) is 42.5 Å². The molecule has 27 heavy (non-hydrogen) atoms. The fourth-order valence-corrected chi connectivity index (χ4v) is 4.72. The largest absolute Gasteiger partial charge is 0.480 e. The fraction of sp³-hybridized carbons (Fsp3) is 0.476. The summed E-state index contributed by atoms with van der Waals surface area (Å²) in [6.45, 7) is 7.99. The summed E-state index contributed by atoms with van der Waals surface area (Å²) in [6.07, 6.45) is 0.884. The lowest BCUT2D eigenvalue weighted by molar-refractivity contribution is -0.142. The SMILES string of the molecule is CC(C)CCN([C@H](CC(C)C)C(=O)O)S(=O)(=O)c1ccc2ccccc2c1. The second-order valence-electron chi connectivity index (χ2n) is 7.79. The van der Waals surface area contributed by atoms with Crippen molar-refractivity contribution in [1.29, 1.82) is 0 Å². The van der Waals surface area contributed by atoms with Crippen LogP contribution in [0.15, 0.2) is 47.4 Å². The second kappa shape index (κ2) is 8.85. The lowest BCUT2D eigenvalue weighted by Gasteiger charge is -2.30. The fourth-order valence-electron chi connectivity index (χ4n) is 3.08. The van der Waals surface area contributed by atoms with Crippen LogP contribution in [0.4, 0.5) is 0 Å². The Labute approximate surface area is 162 Å². The van der Waals surface area contributed by atoms with Gasteiger partial charge in [0.1, 0.15) is 6.04 Å². The van der Waals surface area contributed by atoms with Crippen LogP contribution in [0.2, 0.25) is 0 Å². The Morgan fingerprint density at radius 2 is 1.63 bits per heavy atom. The molecular formula is C21H29NO4S. The molecule has 0 radical (unpaired) electrons. The Balaban J connectivity index is 2.50. The van der Waals surface area contributed by atoms with E-state index in [0.29, 0.717) is 6.42 Å². The predicted octanol–water partition coefficient (Wildman–Crippen LogP) is 4.38. The summed E-state index contributed by atoms with van der Waals surface area (Å²) in [5, 5.41) is 11.5. The monoisotopic (exact) mass is 391 g/mol. The summed E-state index contributed by atoms with van der Waals surface area (Å²) >= 11 is 0. The van der Waals surface area contributed by atoms with Crippen LogP contribution in [0.5, 0.6) is 0 Å². The molecule has 0 spiro atoms. The third kappa shape index (κ3) is 5.30. The molecule has 2 rings (SSSR count). The Bertz CT molecular complexity index is 890. The Kier molecular flexibility index (Phi) is 7.00. The highest BCUT2D eigenvalue weighted by atomic mass is 32.2. The highest BCUT2D eigenvalue weighted by molar-refractivity contribution is 7.89. The highest BCUT2D eigenvalue weighted by Gasteiger charge is 2.36. The van der Waals surface area contributed by atoms with Crippen molar-refractivity contribution in [2.24, 2.45) is 11.8 Å². The van der Waals surface area contributed by atoms with Crippen molar-refractivity contribution in [1.82, 2.24) is 4.31 Å². The number of hydrogen-bond acceptors (Lipinski definition) is 3. The standard InChI is InChI=1S/C21H29NO4S/c1-15(2)11-12-22(20(21(23)24)13-16(3)4)27(25,26)19-10-9-17-7-5-6-8-18(17)14-19/h5-10,14-16,20H,11-13H2,1-4H3,(H,23,24)/t20-/m1/s1. The molecule has 1 N–H and O–H groups in total. The van der Waals surface area contributed by atoms with Crippen LogP contribution in [0, 0.1) is 11.8 Å². The summed E-state index contributed by atoms with van der Waals surface area (Å²) in [6, 6.07) is 11.4. The summed E-state index contributed by atoms with van der Waals surface area (Å²) in [5.74, 6) is -0.760. The molecule has 148 valence electrons. The molecule has 1 atom stereocenters. The molecule has 0 saturated heterocycles. The van der Waals surface area contributed by atoms with E-state index in [9.17, 15) is 18.3 Å². The number of benzene rings is 2. The first-order chi connectivity index (χ1) is 12.6. The number of rotatable bonds is 9. The van der Waals surface area contributed by atoms with Crippen LogP contribution in [-0.2, 0) is 14.8 Å². The number of hydrogen-bond donors (Lipinski definition) is 1. The summed E-state index contributed by atoms with van der Waals surface area (Å²) in [5.41, 5.74) is 0. The molecule has 0 bridgehead atoms. The number of nitrogens with zero attached hydrogens (tertiary/aromatic N) is 1. The Hall–Kier alpha value is -1.92. The highest BCUT2D eigenvalue weighted by Crippen LogP contribution is 2.26. The average Bonchev–Trinajstić information content (AvgIpc) is 2.59. The van der Waals surface area contributed by atoms with Crippen molar-refractivity contribution in [3.63, 3.8) is 0 Å². The minimum absolute atomic E-state index is 0.0689. The molecule has 2 aromatic carbocycles. The van der Waals surface area contributed by atoms with E-state index in [-0.39, 0.29) is 29.7 Å². The van der Waals surface area contributed by atoms with Gasteiger partial charge in [-0.25, -0.2) is 8.42 Å². The minimum Gasteiger partial charge on any atom is -0.480 e. The van der Waals surface area contributed by atoms with Crippen LogP contribution >= 0.6 is 0 Å². The van der Waals surface area contributed by atoms with E-state index in [0.717, 1.165) is 10.8 Å². The van der Waals surface area contributed by atoms with E-state index < -0.39 is 22.0 Å². The van der Waals surface area contributed by atoms with E-state index in [1.165, 1.54) is 4.31 Å². The van der Waals surface area contributed by atoms with Crippen LogP contribution in [0.1, 0.15) is 40.5 Å².